The number of nitrogens with one attached hydrogen (secondary N) is 1. The van der Waals surface area contributed by atoms with Gasteiger partial charge in [-0.05, 0) is 24.5 Å². The molecule has 0 fully saturated rings. The molecule has 1 aromatic rings. The van der Waals surface area contributed by atoms with Gasteiger partial charge in [-0.15, -0.1) is 0 Å². The molecule has 0 saturated carbocycles. The van der Waals surface area contributed by atoms with Gasteiger partial charge in [-0.1, -0.05) is 26.0 Å². The van der Waals surface area contributed by atoms with Crippen LogP contribution in [0.25, 0.3) is 0 Å². The van der Waals surface area contributed by atoms with Crippen LogP contribution in [0.15, 0.2) is 18.2 Å². The van der Waals surface area contributed by atoms with Gasteiger partial charge in [-0.25, -0.2) is 4.39 Å². The second-order valence-electron chi connectivity index (χ2n) is 3.39. The van der Waals surface area contributed by atoms with Crippen LogP contribution in [0.4, 0.5) is 10.1 Å². The Morgan fingerprint density at radius 1 is 1.38 bits per heavy atom. The molecule has 0 aliphatic rings. The van der Waals surface area contributed by atoms with E-state index in [9.17, 15) is 4.39 Å². The predicted molar refractivity (Wildman–Crippen MR) is 54.7 cm³/mol. The van der Waals surface area contributed by atoms with Crippen molar-refractivity contribution in [1.82, 2.24) is 0 Å². The number of benzene rings is 1. The fraction of sp³-hybridized carbons (Fsp3) is 0.455. The van der Waals surface area contributed by atoms with Gasteiger partial charge in [-0.3, -0.25) is 0 Å². The summed E-state index contributed by atoms with van der Waals surface area (Å²) in [5, 5.41) is 3.00. The van der Waals surface area contributed by atoms with Gasteiger partial charge < -0.3 is 5.32 Å². The third-order valence-corrected chi connectivity index (χ3v) is 2.02. The number of halogens is 1. The summed E-state index contributed by atoms with van der Waals surface area (Å²) in [5.74, 6) is 0.123. The molecule has 0 aliphatic heterocycles. The molecule has 1 nitrogen and oxygen atoms in total. The average molecular weight is 181 g/mol. The Kier molecular flexibility index (Phi) is 3.29. The van der Waals surface area contributed by atoms with Crippen LogP contribution in [0.3, 0.4) is 0 Å². The minimum Gasteiger partial charge on any atom is -0.383 e. The first-order valence-electron chi connectivity index (χ1n) is 4.69. The monoisotopic (exact) mass is 181 g/mol. The molecule has 0 unspecified atom stereocenters. The first kappa shape index (κ1) is 10.0. The van der Waals surface area contributed by atoms with Gasteiger partial charge in [0.05, 0.1) is 5.69 Å². The highest BCUT2D eigenvalue weighted by Crippen LogP contribution is 2.23. The number of hydrogen-bond donors (Lipinski definition) is 1. The van der Waals surface area contributed by atoms with Crippen molar-refractivity contribution >= 4 is 5.69 Å². The van der Waals surface area contributed by atoms with E-state index in [1.807, 2.05) is 32.9 Å². The van der Waals surface area contributed by atoms with Crippen molar-refractivity contribution in [3.63, 3.8) is 0 Å². The van der Waals surface area contributed by atoms with E-state index in [0.29, 0.717) is 5.69 Å². The van der Waals surface area contributed by atoms with Gasteiger partial charge in [0.15, 0.2) is 0 Å². The Morgan fingerprint density at radius 3 is 2.62 bits per heavy atom. The van der Waals surface area contributed by atoms with E-state index in [-0.39, 0.29) is 11.7 Å². The topological polar surface area (TPSA) is 12.0 Å². The molecule has 2 heteroatoms. The largest absolute Gasteiger partial charge is 0.383 e. The molecule has 0 spiro atoms. The second-order valence-corrected chi connectivity index (χ2v) is 3.39. The lowest BCUT2D eigenvalue weighted by atomic mass is 10.0. The molecule has 0 radical (unpaired) electrons. The molecule has 0 aromatic heterocycles. The number of anilines is 1. The van der Waals surface area contributed by atoms with E-state index in [2.05, 4.69) is 5.32 Å². The number of hydrogen-bond acceptors (Lipinski definition) is 1. The van der Waals surface area contributed by atoms with E-state index >= 15 is 0 Å². The van der Waals surface area contributed by atoms with Gasteiger partial charge in [0, 0.05) is 6.54 Å². The fourth-order valence-electron chi connectivity index (χ4n) is 1.32. The van der Waals surface area contributed by atoms with Gasteiger partial charge in [0.1, 0.15) is 5.82 Å². The summed E-state index contributed by atoms with van der Waals surface area (Å²) in [5.41, 5.74) is 1.38. The summed E-state index contributed by atoms with van der Waals surface area (Å²) in [6, 6.07) is 5.49. The zero-order valence-electron chi connectivity index (χ0n) is 8.39. The van der Waals surface area contributed by atoms with Crippen LogP contribution in [0, 0.1) is 5.82 Å². The molecular weight excluding hydrogens is 165 g/mol. The van der Waals surface area contributed by atoms with Gasteiger partial charge in [-0.2, -0.15) is 0 Å². The number of rotatable bonds is 3. The molecule has 0 aliphatic carbocycles. The molecule has 0 saturated heterocycles. The maximum absolute atomic E-state index is 13.6. The van der Waals surface area contributed by atoms with Crippen molar-refractivity contribution in [1.29, 1.82) is 0 Å². The molecular formula is C11H16FN. The lowest BCUT2D eigenvalue weighted by Gasteiger charge is -2.11. The van der Waals surface area contributed by atoms with Crippen molar-refractivity contribution in [2.75, 3.05) is 11.9 Å². The first-order valence-corrected chi connectivity index (χ1v) is 4.69. The minimum atomic E-state index is -0.112. The third kappa shape index (κ3) is 2.20. The maximum atomic E-state index is 13.6. The van der Waals surface area contributed by atoms with E-state index in [1.165, 1.54) is 0 Å². The van der Waals surface area contributed by atoms with E-state index < -0.39 is 0 Å². The van der Waals surface area contributed by atoms with Crippen LogP contribution in [-0.4, -0.2) is 6.54 Å². The van der Waals surface area contributed by atoms with E-state index in [0.717, 1.165) is 12.1 Å². The third-order valence-electron chi connectivity index (χ3n) is 2.02. The van der Waals surface area contributed by atoms with Gasteiger partial charge >= 0.3 is 0 Å². The summed E-state index contributed by atoms with van der Waals surface area (Å²) in [4.78, 5) is 0. The molecule has 13 heavy (non-hydrogen) atoms. The van der Waals surface area contributed by atoms with Crippen LogP contribution in [0.2, 0.25) is 0 Å². The highest BCUT2D eigenvalue weighted by Gasteiger charge is 2.09. The molecule has 1 aromatic carbocycles. The van der Waals surface area contributed by atoms with Crippen molar-refractivity contribution in [2.45, 2.75) is 26.7 Å². The zero-order chi connectivity index (χ0) is 9.84. The molecule has 0 amide bonds. The van der Waals surface area contributed by atoms with Crippen LogP contribution in [0.5, 0.6) is 0 Å². The Labute approximate surface area is 79.0 Å². The summed E-state index contributed by atoms with van der Waals surface area (Å²) in [6.45, 7) is 6.70. The normalized spacial score (nSPS) is 10.5. The molecule has 72 valence electrons. The zero-order valence-corrected chi connectivity index (χ0v) is 8.39. The van der Waals surface area contributed by atoms with Crippen molar-refractivity contribution < 1.29 is 4.39 Å². The van der Waals surface area contributed by atoms with Gasteiger partial charge in [0.25, 0.3) is 0 Å². The lowest BCUT2D eigenvalue weighted by molar-refractivity contribution is 0.601. The summed E-state index contributed by atoms with van der Waals surface area (Å²) >= 11 is 0. The van der Waals surface area contributed by atoms with Crippen molar-refractivity contribution in [3.05, 3.63) is 29.6 Å². The van der Waals surface area contributed by atoms with E-state index in [1.54, 1.807) is 6.07 Å². The van der Waals surface area contributed by atoms with Crippen LogP contribution in [-0.2, 0) is 0 Å². The predicted octanol–water partition coefficient (Wildman–Crippen LogP) is 3.38. The lowest BCUT2D eigenvalue weighted by Crippen LogP contribution is -2.02. The highest BCUT2D eigenvalue weighted by atomic mass is 19.1. The smallest absolute Gasteiger partial charge is 0.149 e. The van der Waals surface area contributed by atoms with Crippen LogP contribution in [0.1, 0.15) is 32.3 Å². The second kappa shape index (κ2) is 4.26. The average Bonchev–Trinajstić information content (AvgIpc) is 2.08. The molecule has 1 rings (SSSR count). The summed E-state index contributed by atoms with van der Waals surface area (Å²) in [6.07, 6.45) is 0. The Bertz CT molecular complexity index is 281. The highest BCUT2D eigenvalue weighted by molar-refractivity contribution is 5.48. The van der Waals surface area contributed by atoms with E-state index in [4.69, 9.17) is 0 Å². The first-order chi connectivity index (χ1) is 6.16. The van der Waals surface area contributed by atoms with Gasteiger partial charge in [0.2, 0.25) is 0 Å². The SMILES string of the molecule is CCNc1cccc(C(C)C)c1F. The Balaban J connectivity index is 3.03. The van der Waals surface area contributed by atoms with Crippen LogP contribution < -0.4 is 5.32 Å². The standard InChI is InChI=1S/C11H16FN/c1-4-13-10-7-5-6-9(8(2)3)11(10)12/h5-8,13H,4H2,1-3H3. The fourth-order valence-corrected chi connectivity index (χ4v) is 1.32. The summed E-state index contributed by atoms with van der Waals surface area (Å²) < 4.78 is 13.6. The molecule has 0 heterocycles. The Hall–Kier alpha value is -1.05. The van der Waals surface area contributed by atoms with Crippen molar-refractivity contribution in [2.24, 2.45) is 0 Å². The van der Waals surface area contributed by atoms with Crippen LogP contribution >= 0.6 is 0 Å². The molecule has 0 bridgehead atoms. The quantitative estimate of drug-likeness (QED) is 0.753. The maximum Gasteiger partial charge on any atom is 0.149 e. The molecule has 1 N–H and O–H groups in total. The minimum absolute atomic E-state index is 0.112. The summed E-state index contributed by atoms with van der Waals surface area (Å²) in [7, 11) is 0. The molecule has 0 atom stereocenters. The Morgan fingerprint density at radius 2 is 2.08 bits per heavy atom. The van der Waals surface area contributed by atoms with Crippen molar-refractivity contribution in [3.8, 4) is 0 Å².